The van der Waals surface area contributed by atoms with Crippen LogP contribution >= 0.6 is 0 Å². The van der Waals surface area contributed by atoms with Gasteiger partial charge < -0.3 is 27.0 Å². The summed E-state index contributed by atoms with van der Waals surface area (Å²) in [6.45, 7) is 3.05. The Labute approximate surface area is 239 Å². The molecule has 3 aromatic rings. The van der Waals surface area contributed by atoms with E-state index in [4.69, 9.17) is 11.5 Å². The first-order chi connectivity index (χ1) is 19.7. The first kappa shape index (κ1) is 29.5. The number of halogens is 1. The molecule has 0 radical (unpaired) electrons. The van der Waals surface area contributed by atoms with Gasteiger partial charge in [0.15, 0.2) is 5.96 Å². The molecule has 0 saturated carbocycles. The Balaban J connectivity index is 1.38. The Morgan fingerprint density at radius 1 is 0.976 bits per heavy atom. The summed E-state index contributed by atoms with van der Waals surface area (Å²) in [6.07, 6.45) is 1.79. The van der Waals surface area contributed by atoms with Crippen LogP contribution in [0.5, 0.6) is 0 Å². The molecule has 0 aromatic heterocycles. The van der Waals surface area contributed by atoms with Gasteiger partial charge in [-0.1, -0.05) is 42.5 Å². The Hall–Kier alpha value is -4.47. The molecule has 216 valence electrons. The number of nitrogens with one attached hydrogen (secondary N) is 2. The number of carbonyl (C=O) groups is 3. The van der Waals surface area contributed by atoms with Crippen molar-refractivity contribution < 1.29 is 18.8 Å². The fourth-order valence-corrected chi connectivity index (χ4v) is 5.20. The molecule has 1 aliphatic rings. The van der Waals surface area contributed by atoms with Gasteiger partial charge in [0, 0.05) is 31.1 Å². The molecule has 4 rings (SSSR count). The normalized spacial score (nSPS) is 15.1. The summed E-state index contributed by atoms with van der Waals surface area (Å²) in [7, 11) is 0. The number of nitrogens with two attached hydrogens (primary N) is 2. The molecule has 9 nitrogen and oxygen atoms in total. The highest BCUT2D eigenvalue weighted by Crippen LogP contribution is 2.25. The number of guanidine groups is 1. The van der Waals surface area contributed by atoms with Crippen LogP contribution in [-0.4, -0.2) is 54.3 Å². The van der Waals surface area contributed by atoms with Crippen LogP contribution in [0.25, 0.3) is 10.8 Å². The molecule has 6 N–H and O–H groups in total. The Bertz CT molecular complexity index is 1390. The smallest absolute Gasteiger partial charge is 0.253 e. The van der Waals surface area contributed by atoms with Gasteiger partial charge in [-0.15, -0.1) is 0 Å². The molecular formula is C31H37FN6O3. The maximum atomic E-state index is 13.4. The van der Waals surface area contributed by atoms with Gasteiger partial charge in [0.05, 0.1) is 6.04 Å². The van der Waals surface area contributed by atoms with E-state index in [9.17, 15) is 18.8 Å². The predicted molar refractivity (Wildman–Crippen MR) is 157 cm³/mol. The van der Waals surface area contributed by atoms with E-state index < -0.39 is 11.9 Å². The first-order valence-electron chi connectivity index (χ1n) is 13.9. The number of fused-ring (bicyclic) bond motifs is 1. The van der Waals surface area contributed by atoms with Crippen molar-refractivity contribution in [2.75, 3.05) is 19.6 Å². The Morgan fingerprint density at radius 2 is 1.66 bits per heavy atom. The minimum atomic E-state index is -0.770. The highest BCUT2D eigenvalue weighted by molar-refractivity contribution is 5.94. The van der Waals surface area contributed by atoms with Crippen molar-refractivity contribution in [1.29, 1.82) is 0 Å². The summed E-state index contributed by atoms with van der Waals surface area (Å²) in [5.41, 5.74) is 12.3. The van der Waals surface area contributed by atoms with Crippen molar-refractivity contribution >= 4 is 34.5 Å². The lowest BCUT2D eigenvalue weighted by Gasteiger charge is -2.32. The summed E-state index contributed by atoms with van der Waals surface area (Å²) in [5, 5.41) is 8.15. The summed E-state index contributed by atoms with van der Waals surface area (Å²) in [4.78, 5) is 45.1. The summed E-state index contributed by atoms with van der Waals surface area (Å²) >= 11 is 0. The summed E-state index contributed by atoms with van der Waals surface area (Å²) in [5.74, 6) is -1.47. The van der Waals surface area contributed by atoms with Crippen LogP contribution in [0, 0.1) is 11.7 Å². The SMILES string of the molecule is C[C@H](NC(=O)[C@H](CCCN=C(N)N)NC(=O)C1CCN(C(=O)c2ccc(F)cc2)CC1)c1cccc2ccccc12. The fourth-order valence-electron chi connectivity index (χ4n) is 5.20. The monoisotopic (exact) mass is 560 g/mol. The van der Waals surface area contributed by atoms with Crippen LogP contribution in [0.1, 0.15) is 54.6 Å². The van der Waals surface area contributed by atoms with E-state index in [-0.39, 0.29) is 35.6 Å². The maximum Gasteiger partial charge on any atom is 0.253 e. The van der Waals surface area contributed by atoms with Crippen molar-refractivity contribution in [3.8, 4) is 0 Å². The average Bonchev–Trinajstić information content (AvgIpc) is 2.98. The number of rotatable bonds is 10. The number of nitrogens with zero attached hydrogens (tertiary/aromatic N) is 2. The second kappa shape index (κ2) is 13.7. The zero-order valence-electron chi connectivity index (χ0n) is 23.2. The van der Waals surface area contributed by atoms with E-state index in [2.05, 4.69) is 15.6 Å². The number of hydrogen-bond acceptors (Lipinski definition) is 4. The van der Waals surface area contributed by atoms with E-state index in [0.717, 1.165) is 16.3 Å². The molecule has 0 aliphatic carbocycles. The number of aliphatic imine (C=N–C) groups is 1. The van der Waals surface area contributed by atoms with E-state index in [1.54, 1.807) is 4.90 Å². The van der Waals surface area contributed by atoms with Crippen LogP contribution in [0.3, 0.4) is 0 Å². The predicted octanol–water partition coefficient (Wildman–Crippen LogP) is 3.25. The lowest BCUT2D eigenvalue weighted by molar-refractivity contribution is -0.132. The number of amides is 3. The van der Waals surface area contributed by atoms with Crippen LogP contribution < -0.4 is 22.1 Å². The molecule has 3 aromatic carbocycles. The molecule has 0 unspecified atom stereocenters. The van der Waals surface area contributed by atoms with Gasteiger partial charge in [0.1, 0.15) is 11.9 Å². The molecule has 0 bridgehead atoms. The standard InChI is InChI=1S/C31H37FN6O3/c1-20(25-9-4-7-21-6-2-3-8-26(21)25)36-29(40)27(10-5-17-35-31(33)34)37-28(39)22-15-18-38(19-16-22)30(41)23-11-13-24(32)14-12-23/h2-4,6-9,11-14,20,22,27H,5,10,15-19H2,1H3,(H,36,40)(H,37,39)(H4,33,34,35)/t20-,27-/m0/s1. The Morgan fingerprint density at radius 3 is 2.37 bits per heavy atom. The van der Waals surface area contributed by atoms with Crippen LogP contribution in [0.2, 0.25) is 0 Å². The lowest BCUT2D eigenvalue weighted by Crippen LogP contribution is -2.50. The third kappa shape index (κ3) is 7.81. The van der Waals surface area contributed by atoms with Crippen LogP contribution in [0.4, 0.5) is 4.39 Å². The molecule has 41 heavy (non-hydrogen) atoms. The minimum absolute atomic E-state index is 0.0263. The average molecular weight is 561 g/mol. The molecule has 2 atom stereocenters. The highest BCUT2D eigenvalue weighted by Gasteiger charge is 2.31. The van der Waals surface area contributed by atoms with Gasteiger partial charge >= 0.3 is 0 Å². The third-order valence-electron chi connectivity index (χ3n) is 7.47. The van der Waals surface area contributed by atoms with Gasteiger partial charge in [-0.3, -0.25) is 19.4 Å². The van der Waals surface area contributed by atoms with Gasteiger partial charge in [0.2, 0.25) is 11.8 Å². The molecule has 1 aliphatic heterocycles. The van der Waals surface area contributed by atoms with Crippen LogP contribution in [0.15, 0.2) is 71.7 Å². The third-order valence-corrected chi connectivity index (χ3v) is 7.47. The van der Waals surface area contributed by atoms with Crippen LogP contribution in [-0.2, 0) is 9.59 Å². The van der Waals surface area contributed by atoms with Crippen molar-refractivity contribution in [2.45, 2.75) is 44.7 Å². The lowest BCUT2D eigenvalue weighted by atomic mass is 9.94. The van der Waals surface area contributed by atoms with Gasteiger partial charge in [-0.25, -0.2) is 4.39 Å². The first-order valence-corrected chi connectivity index (χ1v) is 13.9. The van der Waals surface area contributed by atoms with Gasteiger partial charge in [-0.05, 0) is 73.2 Å². The minimum Gasteiger partial charge on any atom is -0.370 e. The zero-order valence-corrected chi connectivity index (χ0v) is 23.2. The number of likely N-dealkylation sites (tertiary alicyclic amines) is 1. The van der Waals surface area contributed by atoms with Gasteiger partial charge in [0.25, 0.3) is 5.91 Å². The quantitative estimate of drug-likeness (QED) is 0.171. The number of piperidine rings is 1. The number of carbonyl (C=O) groups excluding carboxylic acids is 3. The largest absolute Gasteiger partial charge is 0.370 e. The molecule has 1 heterocycles. The van der Waals surface area contributed by atoms with Crippen molar-refractivity contribution in [2.24, 2.45) is 22.4 Å². The maximum absolute atomic E-state index is 13.4. The van der Waals surface area contributed by atoms with E-state index in [1.807, 2.05) is 49.4 Å². The Kier molecular flexibility index (Phi) is 9.89. The summed E-state index contributed by atoms with van der Waals surface area (Å²) < 4.78 is 13.2. The molecule has 0 spiro atoms. The highest BCUT2D eigenvalue weighted by atomic mass is 19.1. The topological polar surface area (TPSA) is 143 Å². The zero-order chi connectivity index (χ0) is 29.4. The second-order valence-electron chi connectivity index (χ2n) is 10.4. The van der Waals surface area contributed by atoms with Gasteiger partial charge in [-0.2, -0.15) is 0 Å². The molecular weight excluding hydrogens is 523 g/mol. The molecule has 3 amide bonds. The van der Waals surface area contributed by atoms with Crippen molar-refractivity contribution in [3.63, 3.8) is 0 Å². The number of hydrogen-bond donors (Lipinski definition) is 4. The number of benzene rings is 3. The molecule has 1 saturated heterocycles. The van der Waals surface area contributed by atoms with E-state index in [0.29, 0.717) is 50.9 Å². The summed E-state index contributed by atoms with van der Waals surface area (Å²) in [6, 6.07) is 18.3. The van der Waals surface area contributed by atoms with Crippen molar-refractivity contribution in [3.05, 3.63) is 83.7 Å². The molecule has 1 fully saturated rings. The second-order valence-corrected chi connectivity index (χ2v) is 10.4. The molecule has 10 heteroatoms. The van der Waals surface area contributed by atoms with E-state index >= 15 is 0 Å². The fraction of sp³-hybridized carbons (Fsp3) is 0.355. The van der Waals surface area contributed by atoms with E-state index in [1.165, 1.54) is 24.3 Å². The van der Waals surface area contributed by atoms with Crippen molar-refractivity contribution in [1.82, 2.24) is 15.5 Å².